The van der Waals surface area contributed by atoms with Crippen LogP contribution in [0.2, 0.25) is 0 Å². The lowest BCUT2D eigenvalue weighted by Crippen LogP contribution is -2.38. The van der Waals surface area contributed by atoms with Crippen molar-refractivity contribution in [3.8, 4) is 11.5 Å². The van der Waals surface area contributed by atoms with Crippen molar-refractivity contribution in [3.63, 3.8) is 0 Å². The van der Waals surface area contributed by atoms with Crippen LogP contribution < -0.4 is 14.2 Å². The van der Waals surface area contributed by atoms with Crippen molar-refractivity contribution in [1.82, 2.24) is 4.72 Å². The van der Waals surface area contributed by atoms with Gasteiger partial charge in [-0.3, -0.25) is 0 Å². The molecule has 0 saturated heterocycles. The molecule has 25 heavy (non-hydrogen) atoms. The summed E-state index contributed by atoms with van der Waals surface area (Å²) in [6.45, 7) is 16.1. The van der Waals surface area contributed by atoms with E-state index >= 15 is 0 Å². The monoisotopic (exact) mass is 369 g/mol. The van der Waals surface area contributed by atoms with Crippen molar-refractivity contribution in [3.05, 3.63) is 23.8 Å². The second-order valence-electron chi connectivity index (χ2n) is 8.05. The molecule has 0 unspecified atom stereocenters. The zero-order chi connectivity index (χ0) is 19.2. The van der Waals surface area contributed by atoms with E-state index in [-0.39, 0.29) is 23.0 Å². The second kappa shape index (κ2) is 9.58. The minimum atomic E-state index is -1.04. The average Bonchev–Trinajstić information content (AvgIpc) is 2.45. The van der Waals surface area contributed by atoms with E-state index in [9.17, 15) is 4.21 Å². The molecule has 0 bridgehead atoms. The molecule has 1 rings (SSSR count). The molecule has 0 spiro atoms. The number of hydrogen-bond acceptors (Lipinski definition) is 3. The van der Waals surface area contributed by atoms with E-state index < -0.39 is 11.0 Å². The van der Waals surface area contributed by atoms with Gasteiger partial charge in [0.15, 0.2) is 11.5 Å². The van der Waals surface area contributed by atoms with Gasteiger partial charge in [0.25, 0.3) is 0 Å². The molecular formula is C20H35NO3S. The maximum absolute atomic E-state index is 12.2. The van der Waals surface area contributed by atoms with Gasteiger partial charge in [-0.05, 0) is 85.9 Å². The third-order valence-electron chi connectivity index (χ3n) is 3.46. The van der Waals surface area contributed by atoms with Gasteiger partial charge < -0.3 is 9.47 Å². The highest BCUT2D eigenvalue weighted by Gasteiger charge is 2.21. The minimum Gasteiger partial charge on any atom is -0.487 e. The predicted octanol–water partition coefficient (Wildman–Crippen LogP) is 4.63. The lowest BCUT2D eigenvalue weighted by Gasteiger charge is -2.22. The van der Waals surface area contributed by atoms with E-state index in [1.165, 1.54) is 5.56 Å². The van der Waals surface area contributed by atoms with Crippen LogP contribution in [0, 0.1) is 0 Å². The summed E-state index contributed by atoms with van der Waals surface area (Å²) in [5.74, 6) is 1.58. The number of hydrogen-bond donors (Lipinski definition) is 1. The largest absolute Gasteiger partial charge is 0.487 e. The van der Waals surface area contributed by atoms with Crippen molar-refractivity contribution < 1.29 is 13.7 Å². The summed E-state index contributed by atoms with van der Waals surface area (Å²) >= 11 is 0. The molecule has 4 nitrogen and oxygen atoms in total. The van der Waals surface area contributed by atoms with Crippen LogP contribution in [0.1, 0.15) is 67.4 Å². The van der Waals surface area contributed by atoms with Gasteiger partial charge in [-0.2, -0.15) is 0 Å². The Morgan fingerprint density at radius 2 is 1.56 bits per heavy atom. The van der Waals surface area contributed by atoms with Crippen LogP contribution in [0.4, 0.5) is 0 Å². The fourth-order valence-electron chi connectivity index (χ4n) is 2.21. The van der Waals surface area contributed by atoms with Crippen LogP contribution >= 0.6 is 0 Å². The number of aryl methyl sites for hydroxylation is 1. The summed E-state index contributed by atoms with van der Waals surface area (Å²) in [6.07, 6.45) is 2.01. The number of benzene rings is 1. The highest BCUT2D eigenvalue weighted by atomic mass is 32.2. The molecule has 0 radical (unpaired) electrons. The maximum Gasteiger partial charge on any atom is 0.161 e. The molecule has 1 aromatic rings. The van der Waals surface area contributed by atoms with Crippen LogP contribution in [0.25, 0.3) is 0 Å². The third kappa shape index (κ3) is 8.23. The van der Waals surface area contributed by atoms with Crippen molar-refractivity contribution in [2.75, 3.05) is 0 Å². The van der Waals surface area contributed by atoms with Crippen LogP contribution in [0.15, 0.2) is 18.2 Å². The van der Waals surface area contributed by atoms with Crippen LogP contribution in [0.5, 0.6) is 11.5 Å². The lowest BCUT2D eigenvalue weighted by molar-refractivity contribution is 0.198. The first-order valence-electron chi connectivity index (χ1n) is 9.13. The number of rotatable bonds is 9. The van der Waals surface area contributed by atoms with Crippen molar-refractivity contribution >= 4 is 11.0 Å². The smallest absolute Gasteiger partial charge is 0.161 e. The number of ether oxygens (including phenoxy) is 2. The normalized spacial score (nSPS) is 14.6. The van der Waals surface area contributed by atoms with Gasteiger partial charge in [-0.1, -0.05) is 6.07 Å². The summed E-state index contributed by atoms with van der Waals surface area (Å²) in [5.41, 5.74) is 1.20. The van der Waals surface area contributed by atoms with Gasteiger partial charge in [0.2, 0.25) is 0 Å². The molecule has 2 atom stereocenters. The highest BCUT2D eigenvalue weighted by molar-refractivity contribution is 7.84. The summed E-state index contributed by atoms with van der Waals surface area (Å²) in [6, 6.07) is 6.31. The topological polar surface area (TPSA) is 47.6 Å². The first kappa shape index (κ1) is 22.0. The zero-order valence-electron chi connectivity index (χ0n) is 17.0. The average molecular weight is 370 g/mol. The minimum absolute atomic E-state index is 0.0968. The van der Waals surface area contributed by atoms with Crippen LogP contribution in [0.3, 0.4) is 0 Å². The molecule has 0 amide bonds. The van der Waals surface area contributed by atoms with Crippen molar-refractivity contribution in [2.45, 2.75) is 91.2 Å². The predicted molar refractivity (Wildman–Crippen MR) is 107 cm³/mol. The molecular weight excluding hydrogens is 334 g/mol. The first-order valence-corrected chi connectivity index (χ1v) is 10.3. The lowest BCUT2D eigenvalue weighted by atomic mass is 10.1. The van der Waals surface area contributed by atoms with E-state index in [1.54, 1.807) is 0 Å². The quantitative estimate of drug-likeness (QED) is 0.690. The molecule has 0 aliphatic rings. The van der Waals surface area contributed by atoms with Crippen molar-refractivity contribution in [2.24, 2.45) is 0 Å². The first-order chi connectivity index (χ1) is 11.5. The Kier molecular flexibility index (Phi) is 8.42. The Hall–Kier alpha value is -1.07. The van der Waals surface area contributed by atoms with Crippen LogP contribution in [-0.4, -0.2) is 27.2 Å². The maximum atomic E-state index is 12.2. The van der Waals surface area contributed by atoms with E-state index in [4.69, 9.17) is 9.47 Å². The summed E-state index contributed by atoms with van der Waals surface area (Å²) in [7, 11) is -1.04. The Labute approximate surface area is 156 Å². The van der Waals surface area contributed by atoms with E-state index in [2.05, 4.69) is 23.8 Å². The molecule has 0 aliphatic carbocycles. The molecule has 0 saturated carbocycles. The second-order valence-corrected chi connectivity index (χ2v) is 10.1. The van der Waals surface area contributed by atoms with Gasteiger partial charge in [-0.15, -0.1) is 0 Å². The molecule has 0 aliphatic heterocycles. The van der Waals surface area contributed by atoms with Crippen LogP contribution in [-0.2, 0) is 17.4 Å². The Bertz CT molecular complexity index is 565. The molecule has 5 heteroatoms. The van der Waals surface area contributed by atoms with Gasteiger partial charge in [-0.25, -0.2) is 8.93 Å². The third-order valence-corrected chi connectivity index (χ3v) is 5.19. The van der Waals surface area contributed by atoms with Crippen molar-refractivity contribution in [1.29, 1.82) is 0 Å². The van der Waals surface area contributed by atoms with E-state index in [1.807, 2.05) is 54.5 Å². The SMILES string of the molecule is CC(C)Oc1ccc(CC[C@@H](C)N[S@](=O)C(C)(C)C)cc1OC(C)C. The highest BCUT2D eigenvalue weighted by Crippen LogP contribution is 2.30. The summed E-state index contributed by atoms with van der Waals surface area (Å²) in [5, 5.41) is 0. The molecule has 1 N–H and O–H groups in total. The summed E-state index contributed by atoms with van der Waals surface area (Å²) < 4.78 is 26.9. The Balaban J connectivity index is 2.73. The fraction of sp³-hybridized carbons (Fsp3) is 0.700. The van der Waals surface area contributed by atoms with E-state index in [0.29, 0.717) is 0 Å². The van der Waals surface area contributed by atoms with Gasteiger partial charge in [0, 0.05) is 6.04 Å². The fourth-order valence-corrected chi connectivity index (χ4v) is 3.04. The number of nitrogens with one attached hydrogen (secondary N) is 1. The summed E-state index contributed by atoms with van der Waals surface area (Å²) in [4.78, 5) is 0. The Morgan fingerprint density at radius 3 is 2.08 bits per heavy atom. The van der Waals surface area contributed by atoms with Gasteiger partial charge >= 0.3 is 0 Å². The Morgan fingerprint density at radius 1 is 1.00 bits per heavy atom. The van der Waals surface area contributed by atoms with E-state index in [0.717, 1.165) is 24.3 Å². The zero-order valence-corrected chi connectivity index (χ0v) is 17.8. The molecule has 0 fully saturated rings. The van der Waals surface area contributed by atoms with Gasteiger partial charge in [0.1, 0.15) is 0 Å². The molecule has 144 valence electrons. The standard InChI is InChI=1S/C20H35NO3S/c1-14(2)23-18-12-11-17(13-19(18)24-15(3)4)10-9-16(5)21-25(22)20(6,7)8/h11-16,21H,9-10H2,1-8H3/t16-,25-/m1/s1. The molecule has 0 aromatic heterocycles. The van der Waals surface area contributed by atoms with Gasteiger partial charge in [0.05, 0.1) is 27.9 Å². The molecule has 1 aromatic carbocycles. The molecule has 0 heterocycles.